The van der Waals surface area contributed by atoms with Crippen LogP contribution in [-0.2, 0) is 6.54 Å². The molecule has 23 heavy (non-hydrogen) atoms. The van der Waals surface area contributed by atoms with Gasteiger partial charge in [-0.1, -0.05) is 12.1 Å². The van der Waals surface area contributed by atoms with Gasteiger partial charge in [-0.3, -0.25) is 4.68 Å². The van der Waals surface area contributed by atoms with E-state index in [0.29, 0.717) is 13.1 Å². The third-order valence-electron chi connectivity index (χ3n) is 3.45. The molecule has 6 heteroatoms. The van der Waals surface area contributed by atoms with Crippen LogP contribution in [0, 0.1) is 0 Å². The lowest BCUT2D eigenvalue weighted by molar-refractivity contribution is 0.125. The standard InChI is InChI=1S/C17H24N4O2/c1-13(2)21(11-14(3)22)17(23)19-16-7-5-15(6-8-16)12-20-10-4-9-18-20/h4-10,13-14,22H,11-12H2,1-3H3,(H,19,23). The average molecular weight is 316 g/mol. The maximum Gasteiger partial charge on any atom is 0.322 e. The van der Waals surface area contributed by atoms with Crippen LogP contribution >= 0.6 is 0 Å². The highest BCUT2D eigenvalue weighted by atomic mass is 16.3. The minimum Gasteiger partial charge on any atom is -0.392 e. The molecule has 0 saturated carbocycles. The van der Waals surface area contributed by atoms with Crippen molar-refractivity contribution in [3.05, 3.63) is 48.3 Å². The number of amides is 2. The summed E-state index contributed by atoms with van der Waals surface area (Å²) in [5.74, 6) is 0. The van der Waals surface area contributed by atoms with Crippen LogP contribution in [-0.4, -0.2) is 44.5 Å². The zero-order valence-corrected chi connectivity index (χ0v) is 13.8. The summed E-state index contributed by atoms with van der Waals surface area (Å²) in [4.78, 5) is 13.9. The van der Waals surface area contributed by atoms with E-state index < -0.39 is 6.10 Å². The molecule has 2 amide bonds. The van der Waals surface area contributed by atoms with Gasteiger partial charge in [-0.2, -0.15) is 5.10 Å². The Hall–Kier alpha value is -2.34. The van der Waals surface area contributed by atoms with Gasteiger partial charge in [0.2, 0.25) is 0 Å². The Labute approximate surface area is 136 Å². The lowest BCUT2D eigenvalue weighted by Gasteiger charge is -2.28. The maximum atomic E-state index is 12.3. The summed E-state index contributed by atoms with van der Waals surface area (Å²) in [7, 11) is 0. The Morgan fingerprint density at radius 1 is 1.30 bits per heavy atom. The number of carbonyl (C=O) groups excluding carboxylic acids is 1. The molecule has 0 aliphatic carbocycles. The van der Waals surface area contributed by atoms with Crippen molar-refractivity contribution in [2.45, 2.75) is 39.5 Å². The normalized spacial score (nSPS) is 12.2. The molecule has 2 aromatic rings. The smallest absolute Gasteiger partial charge is 0.322 e. The van der Waals surface area contributed by atoms with E-state index in [9.17, 15) is 9.90 Å². The Morgan fingerprint density at radius 3 is 2.52 bits per heavy atom. The number of nitrogens with zero attached hydrogens (tertiary/aromatic N) is 3. The number of rotatable bonds is 6. The highest BCUT2D eigenvalue weighted by molar-refractivity contribution is 5.89. The molecule has 1 aromatic carbocycles. The van der Waals surface area contributed by atoms with Crippen LogP contribution in [0.4, 0.5) is 10.5 Å². The number of benzene rings is 1. The molecule has 0 aliphatic rings. The molecular weight excluding hydrogens is 292 g/mol. The predicted molar refractivity (Wildman–Crippen MR) is 90.3 cm³/mol. The number of anilines is 1. The highest BCUT2D eigenvalue weighted by Gasteiger charge is 2.18. The van der Waals surface area contributed by atoms with Crippen LogP contribution in [0.15, 0.2) is 42.7 Å². The predicted octanol–water partition coefficient (Wildman–Crippen LogP) is 2.55. The summed E-state index contributed by atoms with van der Waals surface area (Å²) < 4.78 is 1.84. The number of aromatic nitrogens is 2. The second kappa shape index (κ2) is 7.78. The molecule has 1 heterocycles. The average Bonchev–Trinajstić information content (AvgIpc) is 2.99. The molecule has 124 valence electrons. The van der Waals surface area contributed by atoms with Crippen molar-refractivity contribution >= 4 is 11.7 Å². The summed E-state index contributed by atoms with van der Waals surface area (Å²) in [6.45, 7) is 6.53. The van der Waals surface area contributed by atoms with Crippen LogP contribution in [0.3, 0.4) is 0 Å². The molecule has 6 nitrogen and oxygen atoms in total. The molecule has 1 aromatic heterocycles. The Balaban J connectivity index is 1.97. The first kappa shape index (κ1) is 17.0. The summed E-state index contributed by atoms with van der Waals surface area (Å²) in [5, 5.41) is 16.6. The quantitative estimate of drug-likeness (QED) is 0.860. The molecule has 2 rings (SSSR count). The van der Waals surface area contributed by atoms with Crippen molar-refractivity contribution < 1.29 is 9.90 Å². The number of aliphatic hydroxyl groups excluding tert-OH is 1. The number of carbonyl (C=O) groups is 1. The van der Waals surface area contributed by atoms with Crippen molar-refractivity contribution in [1.82, 2.24) is 14.7 Å². The third-order valence-corrected chi connectivity index (χ3v) is 3.45. The topological polar surface area (TPSA) is 70.4 Å². The van der Waals surface area contributed by atoms with Gasteiger partial charge in [0, 0.05) is 30.7 Å². The van der Waals surface area contributed by atoms with Crippen molar-refractivity contribution in [2.75, 3.05) is 11.9 Å². The molecule has 1 atom stereocenters. The summed E-state index contributed by atoms with van der Waals surface area (Å²) in [6.07, 6.45) is 3.10. The van der Waals surface area contributed by atoms with E-state index in [1.165, 1.54) is 0 Å². The first-order valence-electron chi connectivity index (χ1n) is 7.77. The van der Waals surface area contributed by atoms with Crippen molar-refractivity contribution in [1.29, 1.82) is 0 Å². The van der Waals surface area contributed by atoms with E-state index in [1.54, 1.807) is 18.0 Å². The zero-order chi connectivity index (χ0) is 16.8. The molecule has 0 spiro atoms. The lowest BCUT2D eigenvalue weighted by Crippen LogP contribution is -2.43. The van der Waals surface area contributed by atoms with Gasteiger partial charge in [0.1, 0.15) is 0 Å². The Kier molecular flexibility index (Phi) is 5.76. The Morgan fingerprint density at radius 2 is 2.00 bits per heavy atom. The van der Waals surface area contributed by atoms with Crippen molar-refractivity contribution in [3.8, 4) is 0 Å². The molecule has 1 unspecified atom stereocenters. The molecule has 0 aliphatic heterocycles. The van der Waals surface area contributed by atoms with Gasteiger partial charge in [0.25, 0.3) is 0 Å². The molecule has 0 bridgehead atoms. The van der Waals surface area contributed by atoms with Gasteiger partial charge in [0.05, 0.1) is 12.6 Å². The molecule has 0 radical (unpaired) electrons. The van der Waals surface area contributed by atoms with Crippen molar-refractivity contribution in [3.63, 3.8) is 0 Å². The lowest BCUT2D eigenvalue weighted by atomic mass is 10.2. The van der Waals surface area contributed by atoms with Crippen molar-refractivity contribution in [2.24, 2.45) is 0 Å². The molecular formula is C17H24N4O2. The van der Waals surface area contributed by atoms with E-state index >= 15 is 0 Å². The van der Waals surface area contributed by atoms with E-state index in [-0.39, 0.29) is 12.1 Å². The molecule has 0 saturated heterocycles. The number of nitrogens with one attached hydrogen (secondary N) is 1. The number of hydrogen-bond acceptors (Lipinski definition) is 3. The van der Waals surface area contributed by atoms with E-state index in [0.717, 1.165) is 11.3 Å². The zero-order valence-electron chi connectivity index (χ0n) is 13.8. The van der Waals surface area contributed by atoms with Gasteiger partial charge in [0.15, 0.2) is 0 Å². The van der Waals surface area contributed by atoms with E-state index in [1.807, 2.05) is 55.1 Å². The monoisotopic (exact) mass is 316 g/mol. The van der Waals surface area contributed by atoms with Crippen LogP contribution in [0.2, 0.25) is 0 Å². The minimum atomic E-state index is -0.556. The second-order valence-electron chi connectivity index (χ2n) is 5.93. The summed E-state index contributed by atoms with van der Waals surface area (Å²) in [6, 6.07) is 9.37. The number of urea groups is 1. The van der Waals surface area contributed by atoms with Crippen LogP contribution in [0.1, 0.15) is 26.3 Å². The van der Waals surface area contributed by atoms with Gasteiger partial charge >= 0.3 is 6.03 Å². The molecule has 0 fully saturated rings. The fourth-order valence-electron chi connectivity index (χ4n) is 2.28. The highest BCUT2D eigenvalue weighted by Crippen LogP contribution is 2.12. The summed E-state index contributed by atoms with van der Waals surface area (Å²) in [5.41, 5.74) is 1.84. The Bertz CT molecular complexity index is 606. The van der Waals surface area contributed by atoms with Gasteiger partial charge < -0.3 is 15.3 Å². The first-order chi connectivity index (χ1) is 11.0. The number of aliphatic hydroxyl groups is 1. The summed E-state index contributed by atoms with van der Waals surface area (Å²) >= 11 is 0. The van der Waals surface area contributed by atoms with Gasteiger partial charge in [-0.05, 0) is 44.5 Å². The first-order valence-corrected chi connectivity index (χ1v) is 7.77. The fraction of sp³-hybridized carbons (Fsp3) is 0.412. The third kappa shape index (κ3) is 5.10. The SMILES string of the molecule is CC(O)CN(C(=O)Nc1ccc(Cn2cccn2)cc1)C(C)C. The maximum absolute atomic E-state index is 12.3. The van der Waals surface area contributed by atoms with E-state index in [2.05, 4.69) is 10.4 Å². The van der Waals surface area contributed by atoms with E-state index in [4.69, 9.17) is 0 Å². The minimum absolute atomic E-state index is 0.0173. The van der Waals surface area contributed by atoms with Crippen LogP contribution < -0.4 is 5.32 Å². The fourth-order valence-corrected chi connectivity index (χ4v) is 2.28. The second-order valence-corrected chi connectivity index (χ2v) is 5.93. The van der Waals surface area contributed by atoms with Gasteiger partial charge in [-0.25, -0.2) is 4.79 Å². The van der Waals surface area contributed by atoms with Crippen LogP contribution in [0.5, 0.6) is 0 Å². The van der Waals surface area contributed by atoms with Gasteiger partial charge in [-0.15, -0.1) is 0 Å². The molecule has 2 N–H and O–H groups in total. The largest absolute Gasteiger partial charge is 0.392 e. The van der Waals surface area contributed by atoms with Crippen LogP contribution in [0.25, 0.3) is 0 Å². The number of hydrogen-bond donors (Lipinski definition) is 2.